The molecule has 0 saturated heterocycles. The summed E-state index contributed by atoms with van der Waals surface area (Å²) in [7, 11) is 1.87. The van der Waals surface area contributed by atoms with Crippen molar-refractivity contribution in [2.45, 2.75) is 12.5 Å². The Morgan fingerprint density at radius 3 is 2.71 bits per heavy atom. The second-order valence-corrected chi connectivity index (χ2v) is 5.39. The topological polar surface area (TPSA) is 25.2 Å². The van der Waals surface area contributed by atoms with Crippen LogP contribution in [0.1, 0.15) is 17.4 Å². The van der Waals surface area contributed by atoms with Crippen LogP contribution in [0.2, 0.25) is 5.02 Å². The van der Waals surface area contributed by atoms with Gasteiger partial charge in [0.1, 0.15) is 17.2 Å². The molecule has 3 rings (SSSR count). The van der Waals surface area contributed by atoms with Gasteiger partial charge in [-0.2, -0.15) is 0 Å². The molecule has 0 aliphatic rings. The molecule has 21 heavy (non-hydrogen) atoms. The van der Waals surface area contributed by atoms with Crippen LogP contribution < -0.4 is 5.32 Å². The number of halogens is 2. The maximum absolute atomic E-state index is 13.5. The van der Waals surface area contributed by atoms with E-state index in [9.17, 15) is 4.39 Å². The van der Waals surface area contributed by atoms with E-state index in [2.05, 4.69) is 5.32 Å². The normalized spacial score (nSPS) is 12.7. The van der Waals surface area contributed by atoms with Crippen molar-refractivity contribution in [3.63, 3.8) is 0 Å². The van der Waals surface area contributed by atoms with Gasteiger partial charge >= 0.3 is 0 Å². The number of rotatable bonds is 4. The Hall–Kier alpha value is -1.84. The SMILES string of the molecule is CNC(Cc1ccc(Cl)c(F)c1)c1cc2ccccc2o1. The minimum atomic E-state index is -0.395. The molecule has 1 heterocycles. The molecule has 4 heteroatoms. The molecule has 108 valence electrons. The fraction of sp³-hybridized carbons (Fsp3) is 0.176. The molecule has 1 unspecified atom stereocenters. The lowest BCUT2D eigenvalue weighted by molar-refractivity contribution is 0.450. The van der Waals surface area contributed by atoms with Crippen LogP contribution in [0.3, 0.4) is 0 Å². The van der Waals surface area contributed by atoms with E-state index in [-0.39, 0.29) is 11.1 Å². The first kappa shape index (κ1) is 14.1. The monoisotopic (exact) mass is 303 g/mol. The number of fused-ring (bicyclic) bond motifs is 1. The van der Waals surface area contributed by atoms with Crippen LogP contribution in [-0.4, -0.2) is 7.05 Å². The van der Waals surface area contributed by atoms with Gasteiger partial charge in [-0.15, -0.1) is 0 Å². The third kappa shape index (κ3) is 2.94. The molecule has 0 bridgehead atoms. The highest BCUT2D eigenvalue weighted by molar-refractivity contribution is 6.30. The van der Waals surface area contributed by atoms with Crippen molar-refractivity contribution in [1.29, 1.82) is 0 Å². The van der Waals surface area contributed by atoms with E-state index in [1.165, 1.54) is 6.07 Å². The molecule has 0 saturated carbocycles. The van der Waals surface area contributed by atoms with E-state index in [0.717, 1.165) is 22.3 Å². The van der Waals surface area contributed by atoms with Crippen LogP contribution in [0.25, 0.3) is 11.0 Å². The maximum atomic E-state index is 13.5. The number of benzene rings is 2. The average molecular weight is 304 g/mol. The van der Waals surface area contributed by atoms with E-state index in [4.69, 9.17) is 16.0 Å². The smallest absolute Gasteiger partial charge is 0.142 e. The summed E-state index contributed by atoms with van der Waals surface area (Å²) in [6.45, 7) is 0. The zero-order chi connectivity index (χ0) is 14.8. The van der Waals surface area contributed by atoms with Crippen LogP contribution in [-0.2, 0) is 6.42 Å². The van der Waals surface area contributed by atoms with Crippen LogP contribution >= 0.6 is 11.6 Å². The predicted molar refractivity (Wildman–Crippen MR) is 83.1 cm³/mol. The van der Waals surface area contributed by atoms with Crippen LogP contribution in [0, 0.1) is 5.82 Å². The number of nitrogens with one attached hydrogen (secondary N) is 1. The Morgan fingerprint density at radius 2 is 2.00 bits per heavy atom. The van der Waals surface area contributed by atoms with Gasteiger partial charge in [-0.1, -0.05) is 35.9 Å². The molecule has 0 spiro atoms. The van der Waals surface area contributed by atoms with Crippen molar-refractivity contribution in [1.82, 2.24) is 5.32 Å². The summed E-state index contributed by atoms with van der Waals surface area (Å²) in [6.07, 6.45) is 0.629. The Bertz CT molecular complexity index is 735. The first-order valence-corrected chi connectivity index (χ1v) is 7.15. The number of furan rings is 1. The van der Waals surface area contributed by atoms with Crippen molar-refractivity contribution in [3.05, 3.63) is 70.7 Å². The van der Waals surface area contributed by atoms with E-state index in [1.807, 2.05) is 43.4 Å². The summed E-state index contributed by atoms with van der Waals surface area (Å²) in [4.78, 5) is 0. The third-order valence-electron chi connectivity index (χ3n) is 3.56. The van der Waals surface area contributed by atoms with Crippen molar-refractivity contribution in [2.24, 2.45) is 0 Å². The fourth-order valence-electron chi connectivity index (χ4n) is 2.42. The molecule has 0 fully saturated rings. The lowest BCUT2D eigenvalue weighted by Gasteiger charge is -2.13. The highest BCUT2D eigenvalue weighted by Gasteiger charge is 2.16. The van der Waals surface area contributed by atoms with Crippen LogP contribution in [0.4, 0.5) is 4.39 Å². The van der Waals surface area contributed by atoms with E-state index >= 15 is 0 Å². The number of likely N-dealkylation sites (N-methyl/N-ethyl adjacent to an activating group) is 1. The molecular formula is C17H15ClFNO. The van der Waals surface area contributed by atoms with Gasteiger partial charge in [0.25, 0.3) is 0 Å². The molecule has 3 aromatic rings. The largest absolute Gasteiger partial charge is 0.459 e. The first-order valence-electron chi connectivity index (χ1n) is 6.77. The summed E-state index contributed by atoms with van der Waals surface area (Å²) in [5, 5.41) is 4.42. The molecule has 2 aromatic carbocycles. The lowest BCUT2D eigenvalue weighted by Crippen LogP contribution is -2.18. The number of para-hydroxylation sites is 1. The molecule has 1 atom stereocenters. The molecule has 0 aliphatic heterocycles. The average Bonchev–Trinajstić information content (AvgIpc) is 2.92. The third-order valence-corrected chi connectivity index (χ3v) is 3.87. The Labute approximate surface area is 127 Å². The van der Waals surface area contributed by atoms with E-state index < -0.39 is 5.82 Å². The second kappa shape index (κ2) is 5.88. The number of hydrogen-bond donors (Lipinski definition) is 1. The highest BCUT2D eigenvalue weighted by atomic mass is 35.5. The van der Waals surface area contributed by atoms with Crippen molar-refractivity contribution in [2.75, 3.05) is 7.05 Å². The van der Waals surface area contributed by atoms with Crippen LogP contribution in [0.15, 0.2) is 52.9 Å². The predicted octanol–water partition coefficient (Wildman–Crippen LogP) is 4.73. The van der Waals surface area contributed by atoms with Gasteiger partial charge < -0.3 is 9.73 Å². The molecule has 0 amide bonds. The maximum Gasteiger partial charge on any atom is 0.142 e. The Kier molecular flexibility index (Phi) is 3.95. The quantitative estimate of drug-likeness (QED) is 0.754. The molecule has 1 aromatic heterocycles. The van der Waals surface area contributed by atoms with Gasteiger partial charge in [0.15, 0.2) is 0 Å². The summed E-state index contributed by atoms with van der Waals surface area (Å²) in [6, 6.07) is 14.7. The van der Waals surface area contributed by atoms with Crippen molar-refractivity contribution < 1.29 is 8.81 Å². The standard InChI is InChI=1S/C17H15ClFNO/c1-20-15(9-11-6-7-13(18)14(19)8-11)17-10-12-4-2-3-5-16(12)21-17/h2-8,10,15,20H,9H2,1H3. The zero-order valence-corrected chi connectivity index (χ0v) is 12.3. The van der Waals surface area contributed by atoms with E-state index in [0.29, 0.717) is 6.42 Å². The summed E-state index contributed by atoms with van der Waals surface area (Å²) < 4.78 is 19.4. The van der Waals surface area contributed by atoms with Gasteiger partial charge in [-0.25, -0.2) is 4.39 Å². The summed E-state index contributed by atoms with van der Waals surface area (Å²) >= 11 is 5.71. The molecule has 0 aliphatic carbocycles. The Morgan fingerprint density at radius 1 is 1.19 bits per heavy atom. The minimum Gasteiger partial charge on any atom is -0.459 e. The van der Waals surface area contributed by atoms with E-state index in [1.54, 1.807) is 6.07 Å². The Balaban J connectivity index is 1.88. The summed E-state index contributed by atoms with van der Waals surface area (Å²) in [5.41, 5.74) is 1.73. The molecule has 2 nitrogen and oxygen atoms in total. The van der Waals surface area contributed by atoms with Gasteiger partial charge in [0.05, 0.1) is 11.1 Å². The lowest BCUT2D eigenvalue weighted by atomic mass is 10.0. The minimum absolute atomic E-state index is 0.0158. The van der Waals surface area contributed by atoms with Gasteiger partial charge in [0.2, 0.25) is 0 Å². The van der Waals surface area contributed by atoms with Crippen LogP contribution in [0.5, 0.6) is 0 Å². The molecule has 1 N–H and O–H groups in total. The van der Waals surface area contributed by atoms with Gasteiger partial charge in [0, 0.05) is 5.39 Å². The number of hydrogen-bond acceptors (Lipinski definition) is 2. The fourth-order valence-corrected chi connectivity index (χ4v) is 2.54. The van der Waals surface area contributed by atoms with Gasteiger partial charge in [-0.3, -0.25) is 0 Å². The zero-order valence-electron chi connectivity index (χ0n) is 11.6. The van der Waals surface area contributed by atoms with Crippen molar-refractivity contribution >= 4 is 22.6 Å². The highest BCUT2D eigenvalue weighted by Crippen LogP contribution is 2.26. The van der Waals surface area contributed by atoms with Crippen molar-refractivity contribution in [3.8, 4) is 0 Å². The first-order chi connectivity index (χ1) is 10.2. The second-order valence-electron chi connectivity index (χ2n) is 4.98. The summed E-state index contributed by atoms with van der Waals surface area (Å²) in [5.74, 6) is 0.447. The molecule has 0 radical (unpaired) electrons. The van der Waals surface area contributed by atoms with Gasteiger partial charge in [-0.05, 0) is 43.3 Å². The molecular weight excluding hydrogens is 289 g/mol.